The highest BCUT2D eigenvalue weighted by Crippen LogP contribution is 2.35. The van der Waals surface area contributed by atoms with E-state index in [0.717, 1.165) is 37.2 Å². The van der Waals surface area contributed by atoms with Crippen LogP contribution in [-0.4, -0.2) is 18.7 Å². The number of halogens is 1. The molecule has 0 aliphatic carbocycles. The molecule has 3 rings (SSSR count). The summed E-state index contributed by atoms with van der Waals surface area (Å²) in [6.07, 6.45) is 6.00. The van der Waals surface area contributed by atoms with E-state index in [0.29, 0.717) is 0 Å². The van der Waals surface area contributed by atoms with Crippen molar-refractivity contribution in [1.82, 2.24) is 5.32 Å². The summed E-state index contributed by atoms with van der Waals surface area (Å²) >= 11 is 0. The van der Waals surface area contributed by atoms with Crippen LogP contribution in [0.3, 0.4) is 0 Å². The number of rotatable bonds is 0. The minimum atomic E-state index is -0.215. The van der Waals surface area contributed by atoms with Gasteiger partial charge in [0.15, 0.2) is 0 Å². The Morgan fingerprint density at radius 1 is 1.25 bits per heavy atom. The number of piperidine rings is 1. The van der Waals surface area contributed by atoms with Gasteiger partial charge in [-0.3, -0.25) is 0 Å². The van der Waals surface area contributed by atoms with E-state index in [-0.39, 0.29) is 11.4 Å². The molecule has 1 spiro atoms. The molecule has 0 atom stereocenters. The molecule has 1 saturated heterocycles. The fourth-order valence-corrected chi connectivity index (χ4v) is 2.36. The van der Waals surface area contributed by atoms with Crippen molar-refractivity contribution in [2.24, 2.45) is 0 Å². The van der Waals surface area contributed by atoms with Gasteiger partial charge < -0.3 is 10.1 Å². The smallest absolute Gasteiger partial charge is 0.130 e. The molecule has 0 bridgehead atoms. The van der Waals surface area contributed by atoms with Crippen LogP contribution in [0.1, 0.15) is 18.4 Å². The molecule has 84 valence electrons. The van der Waals surface area contributed by atoms with Gasteiger partial charge in [-0.05, 0) is 37.4 Å². The largest absolute Gasteiger partial charge is 0.482 e. The minimum absolute atomic E-state index is 0.171. The van der Waals surface area contributed by atoms with E-state index in [1.807, 2.05) is 6.08 Å². The maximum Gasteiger partial charge on any atom is 0.130 e. The third-order valence-corrected chi connectivity index (χ3v) is 3.30. The molecule has 1 fully saturated rings. The summed E-state index contributed by atoms with van der Waals surface area (Å²) in [7, 11) is 0. The Morgan fingerprint density at radius 3 is 2.88 bits per heavy atom. The highest BCUT2D eigenvalue weighted by atomic mass is 19.1. The van der Waals surface area contributed by atoms with E-state index in [9.17, 15) is 4.39 Å². The zero-order valence-electron chi connectivity index (χ0n) is 9.00. The normalized spacial score (nSPS) is 21.6. The Morgan fingerprint density at radius 2 is 2.06 bits per heavy atom. The van der Waals surface area contributed by atoms with E-state index in [1.165, 1.54) is 12.1 Å². The Bertz CT molecular complexity index is 436. The van der Waals surface area contributed by atoms with Crippen LogP contribution in [0.15, 0.2) is 24.3 Å². The summed E-state index contributed by atoms with van der Waals surface area (Å²) in [5, 5.41) is 3.32. The molecule has 0 saturated carbocycles. The predicted molar refractivity (Wildman–Crippen MR) is 60.9 cm³/mol. The van der Waals surface area contributed by atoms with Gasteiger partial charge in [0.25, 0.3) is 0 Å². The van der Waals surface area contributed by atoms with E-state index in [1.54, 1.807) is 6.07 Å². The van der Waals surface area contributed by atoms with Crippen LogP contribution < -0.4 is 10.1 Å². The van der Waals surface area contributed by atoms with Gasteiger partial charge in [0.2, 0.25) is 0 Å². The third kappa shape index (κ3) is 1.61. The Balaban J connectivity index is 1.94. The summed E-state index contributed by atoms with van der Waals surface area (Å²) in [5.41, 5.74) is 0.667. The molecule has 1 N–H and O–H groups in total. The second-order valence-corrected chi connectivity index (χ2v) is 4.43. The quantitative estimate of drug-likeness (QED) is 0.723. The van der Waals surface area contributed by atoms with E-state index < -0.39 is 0 Å². The van der Waals surface area contributed by atoms with Gasteiger partial charge in [-0.25, -0.2) is 4.39 Å². The molecular weight excluding hydrogens is 205 g/mol. The molecule has 0 radical (unpaired) electrons. The molecule has 2 aliphatic heterocycles. The lowest BCUT2D eigenvalue weighted by molar-refractivity contribution is 0.0822. The summed E-state index contributed by atoms with van der Waals surface area (Å²) in [6.45, 7) is 1.95. The van der Waals surface area contributed by atoms with Gasteiger partial charge in [0.05, 0.1) is 0 Å². The minimum Gasteiger partial charge on any atom is -0.482 e. The number of benzene rings is 1. The third-order valence-electron chi connectivity index (χ3n) is 3.30. The average Bonchev–Trinajstić information content (AvgIpc) is 2.31. The lowest BCUT2D eigenvalue weighted by Gasteiger charge is -2.38. The summed E-state index contributed by atoms with van der Waals surface area (Å²) in [6, 6.07) is 4.69. The van der Waals surface area contributed by atoms with Crippen molar-refractivity contribution in [1.29, 1.82) is 0 Å². The average molecular weight is 219 g/mol. The van der Waals surface area contributed by atoms with Crippen LogP contribution in [-0.2, 0) is 0 Å². The van der Waals surface area contributed by atoms with Crippen molar-refractivity contribution >= 4 is 6.08 Å². The van der Waals surface area contributed by atoms with Crippen molar-refractivity contribution < 1.29 is 9.13 Å². The molecule has 2 aliphatic rings. The first-order chi connectivity index (χ1) is 7.77. The lowest BCUT2D eigenvalue weighted by atomic mass is 9.89. The maximum absolute atomic E-state index is 13.0. The standard InChI is InChI=1S/C13H14FNO/c14-11-1-2-12-10(9-11)3-4-13(16-12)5-7-15-8-6-13/h1-4,9,15H,5-8H2. The van der Waals surface area contributed by atoms with Gasteiger partial charge in [0.1, 0.15) is 17.2 Å². The number of ether oxygens (including phenoxy) is 1. The molecule has 2 nitrogen and oxygen atoms in total. The number of hydrogen-bond acceptors (Lipinski definition) is 2. The van der Waals surface area contributed by atoms with E-state index in [2.05, 4.69) is 11.4 Å². The Hall–Kier alpha value is -1.35. The molecule has 0 aromatic heterocycles. The highest BCUT2D eigenvalue weighted by Gasteiger charge is 2.34. The van der Waals surface area contributed by atoms with Gasteiger partial charge >= 0.3 is 0 Å². The Kier molecular flexibility index (Phi) is 2.21. The van der Waals surface area contributed by atoms with Crippen LogP contribution in [0.4, 0.5) is 4.39 Å². The zero-order chi connectivity index (χ0) is 11.0. The van der Waals surface area contributed by atoms with Crippen LogP contribution in [0.5, 0.6) is 5.75 Å². The molecule has 0 unspecified atom stereocenters. The van der Waals surface area contributed by atoms with Gasteiger partial charge in [-0.2, -0.15) is 0 Å². The van der Waals surface area contributed by atoms with Crippen molar-refractivity contribution in [3.05, 3.63) is 35.7 Å². The monoisotopic (exact) mass is 219 g/mol. The van der Waals surface area contributed by atoms with Gasteiger partial charge in [-0.15, -0.1) is 0 Å². The van der Waals surface area contributed by atoms with Gasteiger partial charge in [0, 0.05) is 18.4 Å². The van der Waals surface area contributed by atoms with Crippen molar-refractivity contribution in [3.63, 3.8) is 0 Å². The van der Waals surface area contributed by atoms with Crippen molar-refractivity contribution in [3.8, 4) is 5.75 Å². The second kappa shape index (κ2) is 3.59. The van der Waals surface area contributed by atoms with Crippen LogP contribution in [0, 0.1) is 5.82 Å². The lowest BCUT2D eigenvalue weighted by Crippen LogP contribution is -2.45. The molecule has 1 aromatic rings. The van der Waals surface area contributed by atoms with Crippen LogP contribution >= 0.6 is 0 Å². The van der Waals surface area contributed by atoms with Crippen LogP contribution in [0.25, 0.3) is 6.08 Å². The molecule has 1 aromatic carbocycles. The van der Waals surface area contributed by atoms with Gasteiger partial charge in [-0.1, -0.05) is 6.08 Å². The topological polar surface area (TPSA) is 21.3 Å². The fourth-order valence-electron chi connectivity index (χ4n) is 2.36. The molecule has 0 amide bonds. The number of fused-ring (bicyclic) bond motifs is 1. The highest BCUT2D eigenvalue weighted by molar-refractivity contribution is 5.61. The fraction of sp³-hybridized carbons (Fsp3) is 0.385. The SMILES string of the molecule is Fc1ccc2c(c1)C=CC1(CCNCC1)O2. The predicted octanol–water partition coefficient (Wildman–Crippen LogP) is 2.35. The maximum atomic E-state index is 13.0. The second-order valence-electron chi connectivity index (χ2n) is 4.43. The first-order valence-electron chi connectivity index (χ1n) is 5.66. The van der Waals surface area contributed by atoms with Crippen molar-refractivity contribution in [2.45, 2.75) is 18.4 Å². The summed E-state index contributed by atoms with van der Waals surface area (Å²) < 4.78 is 19.1. The van der Waals surface area contributed by atoms with E-state index >= 15 is 0 Å². The first kappa shape index (κ1) is 9.85. The Labute approximate surface area is 94.1 Å². The van der Waals surface area contributed by atoms with Crippen molar-refractivity contribution in [2.75, 3.05) is 13.1 Å². The molecule has 3 heteroatoms. The number of nitrogens with one attached hydrogen (secondary N) is 1. The molecular formula is C13H14FNO. The molecule has 2 heterocycles. The summed E-state index contributed by atoms with van der Waals surface area (Å²) in [4.78, 5) is 0. The first-order valence-corrected chi connectivity index (χ1v) is 5.66. The zero-order valence-corrected chi connectivity index (χ0v) is 9.00. The van der Waals surface area contributed by atoms with E-state index in [4.69, 9.17) is 4.74 Å². The summed E-state index contributed by atoms with van der Waals surface area (Å²) in [5.74, 6) is 0.582. The molecule has 16 heavy (non-hydrogen) atoms. The van der Waals surface area contributed by atoms with Crippen LogP contribution in [0.2, 0.25) is 0 Å². The number of hydrogen-bond donors (Lipinski definition) is 1.